The Bertz CT molecular complexity index is 605. The van der Waals surface area contributed by atoms with Crippen LogP contribution in [0.25, 0.3) is 5.57 Å². The third-order valence-corrected chi connectivity index (χ3v) is 4.98. The average molecular weight is 366 g/mol. The third-order valence-electron chi connectivity index (χ3n) is 4.09. The van der Waals surface area contributed by atoms with Gasteiger partial charge in [0.1, 0.15) is 5.70 Å². The Morgan fingerprint density at radius 3 is 2.32 bits per heavy atom. The van der Waals surface area contributed by atoms with Gasteiger partial charge in [0.25, 0.3) is 11.8 Å². The van der Waals surface area contributed by atoms with Gasteiger partial charge in [0.15, 0.2) is 0 Å². The van der Waals surface area contributed by atoms with Crippen molar-refractivity contribution < 1.29 is 19.1 Å². The van der Waals surface area contributed by atoms with E-state index in [1.165, 1.54) is 16.2 Å². The molecule has 2 heterocycles. The number of imide groups is 1. The van der Waals surface area contributed by atoms with Gasteiger partial charge in [-0.3, -0.25) is 14.5 Å². The first-order valence-corrected chi connectivity index (χ1v) is 9.40. The Balaban J connectivity index is 2.40. The lowest BCUT2D eigenvalue weighted by molar-refractivity contribution is -0.137. The Hall–Kier alpha value is -1.70. The summed E-state index contributed by atoms with van der Waals surface area (Å²) in [7, 11) is 3.25. The number of thiophene rings is 1. The van der Waals surface area contributed by atoms with Gasteiger partial charge < -0.3 is 14.4 Å². The van der Waals surface area contributed by atoms with Crippen LogP contribution >= 0.6 is 11.3 Å². The summed E-state index contributed by atoms with van der Waals surface area (Å²) >= 11 is 1.47. The van der Waals surface area contributed by atoms with Crippen LogP contribution in [0.5, 0.6) is 0 Å². The molecule has 0 fully saturated rings. The maximum atomic E-state index is 13.0. The molecule has 0 unspecified atom stereocenters. The van der Waals surface area contributed by atoms with Crippen molar-refractivity contribution in [1.82, 2.24) is 9.80 Å². The molecule has 0 bridgehead atoms. The van der Waals surface area contributed by atoms with Crippen molar-refractivity contribution >= 4 is 28.7 Å². The molecule has 0 spiro atoms. The van der Waals surface area contributed by atoms with Crippen LogP contribution in [0, 0.1) is 0 Å². The van der Waals surface area contributed by atoms with Crippen molar-refractivity contribution in [2.75, 3.05) is 47.1 Å². The molecular weight excluding hydrogens is 340 g/mol. The zero-order valence-electron chi connectivity index (χ0n) is 15.1. The predicted molar refractivity (Wildman–Crippen MR) is 98.2 cm³/mol. The minimum absolute atomic E-state index is 0.198. The molecule has 0 saturated carbocycles. The number of nitrogens with zero attached hydrogens (tertiary/aromatic N) is 2. The number of carbonyl (C=O) groups excluding carboxylic acids is 2. The first-order valence-electron chi connectivity index (χ1n) is 8.52. The van der Waals surface area contributed by atoms with E-state index in [2.05, 4.69) is 0 Å². The fourth-order valence-electron chi connectivity index (χ4n) is 2.76. The van der Waals surface area contributed by atoms with Crippen LogP contribution < -0.4 is 0 Å². The number of carbonyl (C=O) groups is 2. The molecule has 6 nitrogen and oxygen atoms in total. The van der Waals surface area contributed by atoms with Crippen molar-refractivity contribution in [3.63, 3.8) is 0 Å². The lowest BCUT2D eigenvalue weighted by Gasteiger charge is -2.25. The first-order chi connectivity index (χ1) is 12.2. The van der Waals surface area contributed by atoms with Crippen molar-refractivity contribution in [2.24, 2.45) is 0 Å². The molecule has 0 saturated heterocycles. The van der Waals surface area contributed by atoms with E-state index in [0.717, 1.165) is 17.7 Å². The van der Waals surface area contributed by atoms with Crippen LogP contribution in [0.1, 0.15) is 24.6 Å². The van der Waals surface area contributed by atoms with Crippen LogP contribution in [0.3, 0.4) is 0 Å². The summed E-state index contributed by atoms with van der Waals surface area (Å²) in [6, 6.07) is 3.78. The van der Waals surface area contributed by atoms with Crippen molar-refractivity contribution in [3.8, 4) is 0 Å². The fourth-order valence-corrected chi connectivity index (χ4v) is 3.52. The van der Waals surface area contributed by atoms with Gasteiger partial charge in [0.05, 0.1) is 18.8 Å². The van der Waals surface area contributed by atoms with Crippen molar-refractivity contribution in [3.05, 3.63) is 28.1 Å². The van der Waals surface area contributed by atoms with Gasteiger partial charge in [0.2, 0.25) is 0 Å². The SMILES string of the molecule is CCCCN1C(=O)C(c2cccs2)=C(N(CCOC)CCOC)C1=O. The summed E-state index contributed by atoms with van der Waals surface area (Å²) in [4.78, 5) is 30.1. The van der Waals surface area contributed by atoms with Gasteiger partial charge in [-0.2, -0.15) is 0 Å². The molecule has 0 aromatic carbocycles. The smallest absolute Gasteiger partial charge is 0.277 e. The topological polar surface area (TPSA) is 59.1 Å². The Kier molecular flexibility index (Phi) is 7.61. The van der Waals surface area contributed by atoms with Crippen LogP contribution in [0.4, 0.5) is 0 Å². The van der Waals surface area contributed by atoms with Gasteiger partial charge in [-0.05, 0) is 17.9 Å². The van der Waals surface area contributed by atoms with Crippen LogP contribution in [-0.2, 0) is 19.1 Å². The lowest BCUT2D eigenvalue weighted by atomic mass is 10.1. The minimum atomic E-state index is -0.214. The monoisotopic (exact) mass is 366 g/mol. The van der Waals surface area contributed by atoms with Crippen LogP contribution in [-0.4, -0.2) is 68.7 Å². The van der Waals surface area contributed by atoms with Gasteiger partial charge in [-0.1, -0.05) is 19.4 Å². The summed E-state index contributed by atoms with van der Waals surface area (Å²) in [5.74, 6) is -0.412. The molecule has 138 valence electrons. The highest BCUT2D eigenvalue weighted by Gasteiger charge is 2.41. The first kappa shape index (κ1) is 19.6. The molecule has 25 heavy (non-hydrogen) atoms. The Morgan fingerprint density at radius 1 is 1.12 bits per heavy atom. The molecular formula is C18H26N2O4S. The second kappa shape index (κ2) is 9.70. The summed E-state index contributed by atoms with van der Waals surface area (Å²) in [6.07, 6.45) is 1.73. The van der Waals surface area contributed by atoms with E-state index in [0.29, 0.717) is 44.1 Å². The van der Waals surface area contributed by atoms with Gasteiger partial charge >= 0.3 is 0 Å². The number of hydrogen-bond donors (Lipinski definition) is 0. The minimum Gasteiger partial charge on any atom is -0.383 e. The highest BCUT2D eigenvalue weighted by atomic mass is 32.1. The Morgan fingerprint density at radius 2 is 1.80 bits per heavy atom. The largest absolute Gasteiger partial charge is 0.383 e. The lowest BCUT2D eigenvalue weighted by Crippen LogP contribution is -2.38. The third kappa shape index (κ3) is 4.48. The number of methoxy groups -OCH3 is 2. The van der Waals surface area contributed by atoms with E-state index >= 15 is 0 Å². The van der Waals surface area contributed by atoms with Crippen LogP contribution in [0.2, 0.25) is 0 Å². The molecule has 7 heteroatoms. The number of unbranched alkanes of at least 4 members (excludes halogenated alkanes) is 1. The van der Waals surface area contributed by atoms with Crippen molar-refractivity contribution in [2.45, 2.75) is 19.8 Å². The maximum Gasteiger partial charge on any atom is 0.277 e. The quantitative estimate of drug-likeness (QED) is 0.562. The molecule has 2 amide bonds. The zero-order chi connectivity index (χ0) is 18.2. The number of ether oxygens (including phenoxy) is 2. The van der Waals surface area contributed by atoms with E-state index in [4.69, 9.17) is 9.47 Å². The second-order valence-corrected chi connectivity index (χ2v) is 6.74. The number of rotatable bonds is 11. The van der Waals surface area contributed by atoms with Crippen LogP contribution in [0.15, 0.2) is 23.2 Å². The van der Waals surface area contributed by atoms with Gasteiger partial charge in [-0.15, -0.1) is 11.3 Å². The molecule has 1 aromatic heterocycles. The summed E-state index contributed by atoms with van der Waals surface area (Å²) < 4.78 is 10.4. The number of amides is 2. The molecule has 1 aliphatic heterocycles. The molecule has 0 atom stereocenters. The molecule has 2 rings (SSSR count). The van der Waals surface area contributed by atoms with Gasteiger partial charge in [-0.25, -0.2) is 0 Å². The summed E-state index contributed by atoms with van der Waals surface area (Å²) in [5, 5.41) is 1.92. The fraction of sp³-hybridized carbons (Fsp3) is 0.556. The Labute approximate surface area is 153 Å². The standard InChI is InChI=1S/C18H26N2O4S/c1-4-5-8-20-17(21)15(14-7-6-13-25-14)16(18(20)22)19(9-11-23-2)10-12-24-3/h6-7,13H,4-5,8-12H2,1-3H3. The number of hydrogen-bond acceptors (Lipinski definition) is 6. The highest BCUT2D eigenvalue weighted by molar-refractivity contribution is 7.11. The second-order valence-electron chi connectivity index (χ2n) is 5.79. The zero-order valence-corrected chi connectivity index (χ0v) is 15.9. The van der Waals surface area contributed by atoms with E-state index < -0.39 is 0 Å². The van der Waals surface area contributed by atoms with E-state index in [-0.39, 0.29) is 11.8 Å². The molecule has 0 radical (unpaired) electrons. The molecule has 0 N–H and O–H groups in total. The summed E-state index contributed by atoms with van der Waals surface area (Å²) in [5.41, 5.74) is 0.973. The van der Waals surface area contributed by atoms with E-state index in [1.54, 1.807) is 14.2 Å². The summed E-state index contributed by atoms with van der Waals surface area (Å²) in [6.45, 7) is 4.51. The van der Waals surface area contributed by atoms with Gasteiger partial charge in [0, 0.05) is 38.7 Å². The predicted octanol–water partition coefficient (Wildman–Crippen LogP) is 2.22. The normalized spacial score (nSPS) is 14.8. The molecule has 1 aliphatic rings. The highest BCUT2D eigenvalue weighted by Crippen LogP contribution is 2.34. The molecule has 1 aromatic rings. The average Bonchev–Trinajstić information content (AvgIpc) is 3.21. The van der Waals surface area contributed by atoms with E-state index in [1.807, 2.05) is 29.3 Å². The maximum absolute atomic E-state index is 13.0. The molecule has 0 aliphatic carbocycles. The van der Waals surface area contributed by atoms with E-state index in [9.17, 15) is 9.59 Å². The van der Waals surface area contributed by atoms with Crippen molar-refractivity contribution in [1.29, 1.82) is 0 Å².